The van der Waals surface area contributed by atoms with Crippen LogP contribution in [0.4, 0.5) is 0 Å². The summed E-state index contributed by atoms with van der Waals surface area (Å²) in [5.74, 6) is 1.16. The van der Waals surface area contributed by atoms with Crippen LogP contribution in [0.15, 0.2) is 84.9 Å². The van der Waals surface area contributed by atoms with Crippen molar-refractivity contribution < 1.29 is 14.3 Å². The lowest BCUT2D eigenvalue weighted by molar-refractivity contribution is 0.0724. The van der Waals surface area contributed by atoms with Gasteiger partial charge in [0.2, 0.25) is 0 Å². The third-order valence-corrected chi connectivity index (χ3v) is 5.76. The molecule has 6 heteroatoms. The van der Waals surface area contributed by atoms with E-state index in [9.17, 15) is 4.79 Å². The number of nitrogens with one attached hydrogen (secondary N) is 1. The Bertz CT molecular complexity index is 1120. The van der Waals surface area contributed by atoms with Crippen LogP contribution < -0.4 is 14.8 Å². The van der Waals surface area contributed by atoms with E-state index in [1.807, 2.05) is 65.6 Å². The lowest BCUT2D eigenvalue weighted by Gasteiger charge is -2.25. The van der Waals surface area contributed by atoms with Crippen LogP contribution in [0.1, 0.15) is 27.9 Å². The maximum atomic E-state index is 13.9. The summed E-state index contributed by atoms with van der Waals surface area (Å²) in [7, 11) is 0. The summed E-state index contributed by atoms with van der Waals surface area (Å²) in [4.78, 5) is 15.7. The van der Waals surface area contributed by atoms with Crippen molar-refractivity contribution in [3.05, 3.63) is 107 Å². The van der Waals surface area contributed by atoms with Gasteiger partial charge in [-0.15, -0.1) is 0 Å². The predicted octanol–water partition coefficient (Wildman–Crippen LogP) is 5.49. The van der Waals surface area contributed by atoms with Crippen molar-refractivity contribution in [3.8, 4) is 11.5 Å². The first kappa shape index (κ1) is 23.9. The first-order chi connectivity index (χ1) is 16.7. The number of hydrogen-bond donors (Lipinski definition) is 1. The Morgan fingerprint density at radius 1 is 0.912 bits per heavy atom. The van der Waals surface area contributed by atoms with Gasteiger partial charge in [0.25, 0.3) is 5.91 Å². The molecule has 0 radical (unpaired) electrons. The van der Waals surface area contributed by atoms with E-state index >= 15 is 0 Å². The van der Waals surface area contributed by atoms with Gasteiger partial charge in [-0.2, -0.15) is 0 Å². The highest BCUT2D eigenvalue weighted by Crippen LogP contribution is 2.28. The molecule has 0 bridgehead atoms. The first-order valence-electron chi connectivity index (χ1n) is 11.5. The molecule has 0 aliphatic carbocycles. The maximum Gasteiger partial charge on any atom is 0.258 e. The molecule has 0 saturated heterocycles. The van der Waals surface area contributed by atoms with Gasteiger partial charge in [-0.05, 0) is 42.8 Å². The van der Waals surface area contributed by atoms with Gasteiger partial charge in [0.15, 0.2) is 0 Å². The summed E-state index contributed by atoms with van der Waals surface area (Å²) in [6, 6.07) is 23.0. The molecule has 1 heterocycles. The minimum Gasteiger partial charge on any atom is -0.493 e. The molecule has 1 aliphatic rings. The molecular weight excluding hydrogens is 448 g/mol. The van der Waals surface area contributed by atoms with E-state index in [1.165, 1.54) is 0 Å². The third kappa shape index (κ3) is 6.62. The van der Waals surface area contributed by atoms with E-state index in [1.54, 1.807) is 18.2 Å². The molecule has 1 amide bonds. The van der Waals surface area contributed by atoms with Crippen LogP contribution in [0.3, 0.4) is 0 Å². The Balaban J connectivity index is 1.70. The molecule has 3 aromatic carbocycles. The zero-order chi connectivity index (χ0) is 23.6. The predicted molar refractivity (Wildman–Crippen MR) is 136 cm³/mol. The molecule has 0 atom stereocenters. The molecule has 1 aliphatic heterocycles. The summed E-state index contributed by atoms with van der Waals surface area (Å²) in [5.41, 5.74) is 2.44. The van der Waals surface area contributed by atoms with Gasteiger partial charge in [0, 0.05) is 30.2 Å². The van der Waals surface area contributed by atoms with Crippen molar-refractivity contribution in [2.45, 2.75) is 19.5 Å². The molecule has 0 fully saturated rings. The van der Waals surface area contributed by atoms with E-state index in [0.717, 1.165) is 36.4 Å². The fourth-order valence-electron chi connectivity index (χ4n) is 3.80. The molecule has 176 valence electrons. The number of benzene rings is 3. The number of nitrogens with zero attached hydrogens (tertiary/aromatic N) is 1. The van der Waals surface area contributed by atoms with Gasteiger partial charge in [0.1, 0.15) is 18.1 Å². The van der Waals surface area contributed by atoms with Gasteiger partial charge in [-0.25, -0.2) is 0 Å². The van der Waals surface area contributed by atoms with Crippen LogP contribution in [0.5, 0.6) is 11.5 Å². The molecule has 5 nitrogen and oxygen atoms in total. The largest absolute Gasteiger partial charge is 0.493 e. The number of fused-ring (bicyclic) bond motifs is 2. The molecule has 0 spiro atoms. The van der Waals surface area contributed by atoms with Gasteiger partial charge in [-0.3, -0.25) is 4.79 Å². The molecular formula is C28H29ClN2O3. The molecule has 4 rings (SSSR count). The molecule has 0 saturated carbocycles. The van der Waals surface area contributed by atoms with Gasteiger partial charge in [-0.1, -0.05) is 72.3 Å². The Hall–Kier alpha value is -3.28. The Kier molecular flexibility index (Phi) is 8.60. The zero-order valence-electron chi connectivity index (χ0n) is 19.1. The second-order valence-corrected chi connectivity index (χ2v) is 8.52. The molecule has 0 unspecified atom stereocenters. The molecule has 34 heavy (non-hydrogen) atoms. The van der Waals surface area contributed by atoms with E-state index in [4.69, 9.17) is 21.1 Å². The van der Waals surface area contributed by atoms with Crippen molar-refractivity contribution in [2.24, 2.45) is 0 Å². The second-order valence-electron chi connectivity index (χ2n) is 8.08. The molecule has 0 aromatic heterocycles. The number of ether oxygens (including phenoxy) is 2. The Morgan fingerprint density at radius 3 is 2.62 bits per heavy atom. The first-order valence-corrected chi connectivity index (χ1v) is 11.9. The normalized spacial score (nSPS) is 16.4. The van der Waals surface area contributed by atoms with Crippen molar-refractivity contribution in [1.82, 2.24) is 10.2 Å². The topological polar surface area (TPSA) is 50.8 Å². The number of carbonyl (C=O) groups is 1. The Labute approximate surface area is 206 Å². The fraction of sp³-hybridized carbons (Fsp3) is 0.250. The number of hydrogen-bond acceptors (Lipinski definition) is 4. The van der Waals surface area contributed by atoms with Crippen LogP contribution in [0, 0.1) is 0 Å². The summed E-state index contributed by atoms with van der Waals surface area (Å²) in [6.07, 6.45) is 4.88. The summed E-state index contributed by atoms with van der Waals surface area (Å²) in [6.45, 7) is 3.38. The van der Waals surface area contributed by atoms with Crippen LogP contribution in [0.25, 0.3) is 0 Å². The van der Waals surface area contributed by atoms with Crippen molar-refractivity contribution in [2.75, 3.05) is 26.3 Å². The zero-order valence-corrected chi connectivity index (χ0v) is 19.8. The van der Waals surface area contributed by atoms with Crippen LogP contribution in [0.2, 0.25) is 5.02 Å². The van der Waals surface area contributed by atoms with Gasteiger partial charge < -0.3 is 19.7 Å². The van der Waals surface area contributed by atoms with Crippen molar-refractivity contribution >= 4 is 17.5 Å². The van der Waals surface area contributed by atoms with Crippen LogP contribution >= 0.6 is 11.6 Å². The molecule has 3 aromatic rings. The summed E-state index contributed by atoms with van der Waals surface area (Å²) in [5, 5.41) is 3.85. The third-order valence-electron chi connectivity index (χ3n) is 5.53. The van der Waals surface area contributed by atoms with Crippen LogP contribution in [-0.4, -0.2) is 37.1 Å². The number of halogens is 1. The highest BCUT2D eigenvalue weighted by molar-refractivity contribution is 6.31. The SMILES string of the molecule is O=C1c2cc(Cl)ccc2OCCCNC/C=C/COc2ccccc2CN1Cc1ccccc1. The van der Waals surface area contributed by atoms with E-state index in [0.29, 0.717) is 42.6 Å². The minimum atomic E-state index is -0.140. The summed E-state index contributed by atoms with van der Waals surface area (Å²) < 4.78 is 12.1. The second kappa shape index (κ2) is 12.3. The van der Waals surface area contributed by atoms with Crippen molar-refractivity contribution in [1.29, 1.82) is 0 Å². The number of rotatable bonds is 2. The fourth-order valence-corrected chi connectivity index (χ4v) is 3.98. The lowest BCUT2D eigenvalue weighted by atomic mass is 10.1. The van der Waals surface area contributed by atoms with Gasteiger partial charge >= 0.3 is 0 Å². The van der Waals surface area contributed by atoms with Crippen molar-refractivity contribution in [3.63, 3.8) is 0 Å². The quantitative estimate of drug-likeness (QED) is 0.497. The number of carbonyl (C=O) groups excluding carboxylic acids is 1. The molecule has 1 N–H and O–H groups in total. The van der Waals surface area contributed by atoms with E-state index in [-0.39, 0.29) is 5.91 Å². The van der Waals surface area contributed by atoms with Gasteiger partial charge in [0.05, 0.1) is 12.2 Å². The average Bonchev–Trinajstić information content (AvgIpc) is 2.86. The monoisotopic (exact) mass is 476 g/mol. The number of amides is 1. The number of para-hydroxylation sites is 1. The Morgan fingerprint density at radius 2 is 1.74 bits per heavy atom. The maximum absolute atomic E-state index is 13.9. The average molecular weight is 477 g/mol. The lowest BCUT2D eigenvalue weighted by Crippen LogP contribution is -2.31. The smallest absolute Gasteiger partial charge is 0.258 e. The van der Waals surface area contributed by atoms with Crippen LogP contribution in [-0.2, 0) is 13.1 Å². The highest BCUT2D eigenvalue weighted by atomic mass is 35.5. The van der Waals surface area contributed by atoms with E-state index < -0.39 is 0 Å². The minimum absolute atomic E-state index is 0.140. The van der Waals surface area contributed by atoms with E-state index in [2.05, 4.69) is 11.4 Å². The standard InChI is InChI=1S/C28H29ClN2O3/c29-24-13-14-27-25(19-24)28(32)31(20-22-9-2-1-3-10-22)21-23-11-4-5-12-26(23)33-17-7-6-15-30-16-8-18-34-27/h1-7,9-14,19,30H,8,15-18,20-21H2/b7-6+. The highest BCUT2D eigenvalue weighted by Gasteiger charge is 2.22. The summed E-state index contributed by atoms with van der Waals surface area (Å²) >= 11 is 6.30.